The maximum Gasteiger partial charge on any atom is 0.164 e. The molecule has 0 spiro atoms. The molecular formula is C58H38N4. The van der Waals surface area contributed by atoms with Crippen LogP contribution in [0.4, 0.5) is 0 Å². The highest BCUT2D eigenvalue weighted by molar-refractivity contribution is 6.10. The van der Waals surface area contributed by atoms with Gasteiger partial charge in [0.15, 0.2) is 17.5 Å². The van der Waals surface area contributed by atoms with Gasteiger partial charge in [-0.2, -0.15) is 0 Å². The molecule has 2 aromatic heterocycles. The van der Waals surface area contributed by atoms with Crippen LogP contribution in [-0.4, -0.2) is 19.9 Å². The lowest BCUT2D eigenvalue weighted by Gasteiger charge is -2.12. The fourth-order valence-electron chi connectivity index (χ4n) is 8.38. The van der Waals surface area contributed by atoms with E-state index in [0.29, 0.717) is 17.5 Å². The third-order valence-electron chi connectivity index (χ3n) is 11.6. The zero-order chi connectivity index (χ0) is 41.2. The molecule has 0 radical (unpaired) electrons. The van der Waals surface area contributed by atoms with Crippen LogP contribution < -0.4 is 0 Å². The normalized spacial score (nSPS) is 11.2. The Kier molecular flexibility index (Phi) is 9.49. The van der Waals surface area contributed by atoms with Crippen LogP contribution in [0.2, 0.25) is 0 Å². The van der Waals surface area contributed by atoms with E-state index in [1.54, 1.807) is 0 Å². The number of hydrogen-bond donors (Lipinski definition) is 0. The maximum atomic E-state index is 5.12. The predicted octanol–water partition coefficient (Wildman–Crippen LogP) is 14.9. The maximum absolute atomic E-state index is 5.12. The number of aromatic nitrogens is 4. The van der Waals surface area contributed by atoms with E-state index in [2.05, 4.69) is 206 Å². The second-order valence-electron chi connectivity index (χ2n) is 15.5. The summed E-state index contributed by atoms with van der Waals surface area (Å²) >= 11 is 0. The molecule has 0 bridgehead atoms. The molecule has 11 aromatic rings. The molecule has 0 fully saturated rings. The van der Waals surface area contributed by atoms with Gasteiger partial charge in [0.1, 0.15) is 0 Å². The number of fused-ring (bicyclic) bond motifs is 3. The van der Waals surface area contributed by atoms with Crippen molar-refractivity contribution in [2.75, 3.05) is 0 Å². The average molecular weight is 791 g/mol. The molecule has 0 saturated heterocycles. The minimum absolute atomic E-state index is 0.619. The van der Waals surface area contributed by atoms with Crippen LogP contribution in [-0.2, 0) is 0 Å². The van der Waals surface area contributed by atoms with Crippen molar-refractivity contribution >= 4 is 21.7 Å². The summed E-state index contributed by atoms with van der Waals surface area (Å²) in [5, 5.41) is 3.50. The Morgan fingerprint density at radius 3 is 1.23 bits per heavy atom. The summed E-state index contributed by atoms with van der Waals surface area (Å²) < 4.78 is 0. The Morgan fingerprint density at radius 2 is 0.661 bits per heavy atom. The first kappa shape index (κ1) is 36.7. The van der Waals surface area contributed by atoms with E-state index in [0.717, 1.165) is 66.4 Å². The highest BCUT2D eigenvalue weighted by Crippen LogP contribution is 2.36. The van der Waals surface area contributed by atoms with E-state index in [9.17, 15) is 0 Å². The first-order valence-corrected chi connectivity index (χ1v) is 20.9. The van der Waals surface area contributed by atoms with Gasteiger partial charge in [-0.15, -0.1) is 0 Å². The van der Waals surface area contributed by atoms with Crippen LogP contribution in [0.1, 0.15) is 0 Å². The first-order chi connectivity index (χ1) is 30.7. The summed E-state index contributed by atoms with van der Waals surface area (Å²) in [5.74, 6) is 1.87. The minimum atomic E-state index is 0.619. The molecule has 0 N–H and O–H groups in total. The van der Waals surface area contributed by atoms with Gasteiger partial charge in [0.05, 0.1) is 5.52 Å². The van der Waals surface area contributed by atoms with Crippen molar-refractivity contribution in [3.8, 4) is 89.8 Å². The van der Waals surface area contributed by atoms with Gasteiger partial charge in [-0.05, 0) is 85.3 Å². The van der Waals surface area contributed by atoms with Gasteiger partial charge in [0.25, 0.3) is 0 Å². The van der Waals surface area contributed by atoms with Crippen LogP contribution in [0.5, 0.6) is 0 Å². The predicted molar refractivity (Wildman–Crippen MR) is 256 cm³/mol. The van der Waals surface area contributed by atoms with Crippen molar-refractivity contribution in [1.82, 2.24) is 19.9 Å². The van der Waals surface area contributed by atoms with Crippen molar-refractivity contribution < 1.29 is 0 Å². The third kappa shape index (κ3) is 7.20. The number of pyridine rings is 1. The molecule has 0 aliphatic carbocycles. The fourth-order valence-corrected chi connectivity index (χ4v) is 8.38. The number of rotatable bonds is 8. The largest absolute Gasteiger partial charge is 0.256 e. The summed E-state index contributed by atoms with van der Waals surface area (Å²) in [5.41, 5.74) is 15.3. The average Bonchev–Trinajstić information content (AvgIpc) is 3.37. The first-order valence-electron chi connectivity index (χ1n) is 20.9. The Hall–Kier alpha value is -8.34. The summed E-state index contributed by atoms with van der Waals surface area (Å²) in [4.78, 5) is 20.0. The van der Waals surface area contributed by atoms with E-state index in [-0.39, 0.29) is 0 Å². The zero-order valence-corrected chi connectivity index (χ0v) is 33.7. The minimum Gasteiger partial charge on any atom is -0.256 e. The van der Waals surface area contributed by atoms with Gasteiger partial charge in [-0.1, -0.05) is 200 Å². The quantitative estimate of drug-likeness (QED) is 0.144. The molecule has 0 unspecified atom stereocenters. The van der Waals surface area contributed by atoms with Crippen molar-refractivity contribution in [2.45, 2.75) is 0 Å². The molecule has 0 amide bonds. The Bertz CT molecular complexity index is 3280. The van der Waals surface area contributed by atoms with Crippen LogP contribution in [0.3, 0.4) is 0 Å². The van der Waals surface area contributed by atoms with Crippen molar-refractivity contribution in [1.29, 1.82) is 0 Å². The summed E-state index contributed by atoms with van der Waals surface area (Å²) in [6, 6.07) is 78.8. The van der Waals surface area contributed by atoms with Crippen molar-refractivity contribution in [3.63, 3.8) is 0 Å². The number of hydrogen-bond acceptors (Lipinski definition) is 4. The smallest absolute Gasteiger partial charge is 0.164 e. The van der Waals surface area contributed by atoms with Crippen LogP contribution in [0.15, 0.2) is 231 Å². The van der Waals surface area contributed by atoms with Crippen LogP contribution in [0, 0.1) is 0 Å². The third-order valence-corrected chi connectivity index (χ3v) is 11.6. The van der Waals surface area contributed by atoms with E-state index < -0.39 is 0 Å². The molecule has 0 aliphatic rings. The molecule has 4 heteroatoms. The van der Waals surface area contributed by atoms with Crippen LogP contribution in [0.25, 0.3) is 111 Å². The molecule has 11 rings (SSSR count). The molecule has 0 saturated carbocycles. The van der Waals surface area contributed by atoms with E-state index >= 15 is 0 Å². The molecule has 9 aromatic carbocycles. The van der Waals surface area contributed by atoms with E-state index in [1.165, 1.54) is 27.6 Å². The van der Waals surface area contributed by atoms with E-state index in [1.807, 2.05) is 24.4 Å². The fraction of sp³-hybridized carbons (Fsp3) is 0. The highest BCUT2D eigenvalue weighted by atomic mass is 15.0. The summed E-state index contributed by atoms with van der Waals surface area (Å²) in [6.45, 7) is 0. The molecule has 290 valence electrons. The van der Waals surface area contributed by atoms with Gasteiger partial charge in [0, 0.05) is 33.7 Å². The monoisotopic (exact) mass is 790 g/mol. The lowest BCUT2D eigenvalue weighted by Crippen LogP contribution is -2.00. The van der Waals surface area contributed by atoms with Gasteiger partial charge >= 0.3 is 0 Å². The van der Waals surface area contributed by atoms with Crippen molar-refractivity contribution in [2.24, 2.45) is 0 Å². The lowest BCUT2D eigenvalue weighted by molar-refractivity contribution is 1.07. The molecular weight excluding hydrogens is 753 g/mol. The molecule has 2 heterocycles. The Balaban J connectivity index is 0.952. The Morgan fingerprint density at radius 1 is 0.242 bits per heavy atom. The van der Waals surface area contributed by atoms with Gasteiger partial charge in [0.2, 0.25) is 0 Å². The standard InChI is InChI=1S/C58H38N4/c1-3-12-39(13-4-1)41-25-29-44(30-26-41)56-60-57(45-31-27-42(28-32-45)40-14-5-2-6-15-40)62-58(61-56)51-21-9-19-49(38-51)47-17-7-16-46(36-47)48-18-8-20-50(37-48)52-23-10-24-54-53(52)34-33-43-22-11-35-59-55(43)54/h1-38H. The zero-order valence-electron chi connectivity index (χ0n) is 33.7. The second-order valence-corrected chi connectivity index (χ2v) is 15.5. The van der Waals surface area contributed by atoms with Crippen LogP contribution >= 0.6 is 0 Å². The molecule has 0 atom stereocenters. The molecule has 0 aliphatic heterocycles. The highest BCUT2D eigenvalue weighted by Gasteiger charge is 2.15. The SMILES string of the molecule is c1ccc(-c2ccc(-c3nc(-c4ccc(-c5ccccc5)cc4)nc(-c4cccc(-c5cccc(-c6cccc(-c7cccc8c7ccc7cccnc78)c6)c5)c4)n3)cc2)cc1. The van der Waals surface area contributed by atoms with E-state index in [4.69, 9.17) is 19.9 Å². The molecule has 62 heavy (non-hydrogen) atoms. The topological polar surface area (TPSA) is 51.6 Å². The number of benzene rings is 9. The summed E-state index contributed by atoms with van der Waals surface area (Å²) in [6.07, 6.45) is 1.87. The van der Waals surface area contributed by atoms with Gasteiger partial charge in [-0.3, -0.25) is 4.98 Å². The van der Waals surface area contributed by atoms with Gasteiger partial charge in [-0.25, -0.2) is 15.0 Å². The Labute approximate surface area is 360 Å². The van der Waals surface area contributed by atoms with Gasteiger partial charge < -0.3 is 0 Å². The second kappa shape index (κ2) is 16.0. The lowest BCUT2D eigenvalue weighted by atomic mass is 9.93. The molecule has 4 nitrogen and oxygen atoms in total. The summed E-state index contributed by atoms with van der Waals surface area (Å²) in [7, 11) is 0. The number of nitrogens with zero attached hydrogens (tertiary/aromatic N) is 4. The van der Waals surface area contributed by atoms with Crippen molar-refractivity contribution in [3.05, 3.63) is 231 Å².